The number of carbonyl (C=O) groups excluding carboxylic acids is 1. The number of benzene rings is 2. The first-order chi connectivity index (χ1) is 19.9. The van der Waals surface area contributed by atoms with Gasteiger partial charge < -0.3 is 18.8 Å². The van der Waals surface area contributed by atoms with Gasteiger partial charge in [-0.1, -0.05) is 23.7 Å². The molecule has 0 bridgehead atoms. The van der Waals surface area contributed by atoms with Crippen LogP contribution in [-0.2, 0) is 29.2 Å². The van der Waals surface area contributed by atoms with Crippen LogP contribution in [0.3, 0.4) is 0 Å². The number of nitrogens with zero attached hydrogens (tertiary/aromatic N) is 4. The van der Waals surface area contributed by atoms with Crippen molar-refractivity contribution < 1.29 is 23.4 Å². The summed E-state index contributed by atoms with van der Waals surface area (Å²) in [5.41, 5.74) is 3.64. The molecule has 2 aromatic heterocycles. The molecule has 2 atom stereocenters. The normalized spacial score (nSPS) is 17.6. The van der Waals surface area contributed by atoms with E-state index in [9.17, 15) is 9.18 Å². The summed E-state index contributed by atoms with van der Waals surface area (Å²) in [6.45, 7) is 5.05. The zero-order valence-corrected chi connectivity index (χ0v) is 24.2. The van der Waals surface area contributed by atoms with Gasteiger partial charge in [0.1, 0.15) is 18.2 Å². The molecule has 0 amide bonds. The number of ether oxygens (including phenoxy) is 3. The van der Waals surface area contributed by atoms with Crippen molar-refractivity contribution in [2.24, 2.45) is 0 Å². The fourth-order valence-corrected chi connectivity index (χ4v) is 5.56. The van der Waals surface area contributed by atoms with Crippen molar-refractivity contribution in [3.8, 4) is 5.88 Å². The summed E-state index contributed by atoms with van der Waals surface area (Å²) in [5.74, 6) is 0.933. The third-order valence-electron chi connectivity index (χ3n) is 7.68. The largest absolute Gasteiger partial charge is 0.473 e. The summed E-state index contributed by atoms with van der Waals surface area (Å²) in [6, 6.07) is 16.1. The standard InChI is InChI=1S/C31H34ClFN4O4/c1-20-15-21(26-5-4-6-30(35-26)41-19-23-7-9-24(32)17-25(23)33)11-12-36(20)18-29-34-27-10-8-22(31(38)40-3)16-28(27)37(29)13-14-39-2/h4-10,16-17,20-21H,11-15,18-19H2,1-3H3. The summed E-state index contributed by atoms with van der Waals surface area (Å²) in [5, 5.41) is 0.353. The molecule has 0 aliphatic carbocycles. The number of halogens is 2. The third kappa shape index (κ3) is 6.69. The van der Waals surface area contributed by atoms with Crippen molar-refractivity contribution in [2.45, 2.75) is 51.4 Å². The molecule has 0 radical (unpaired) electrons. The van der Waals surface area contributed by atoms with Crippen molar-refractivity contribution in [1.29, 1.82) is 0 Å². The number of esters is 1. The molecule has 1 fully saturated rings. The van der Waals surface area contributed by atoms with Crippen LogP contribution >= 0.6 is 11.6 Å². The number of hydrogen-bond donors (Lipinski definition) is 0. The Morgan fingerprint density at radius 3 is 2.73 bits per heavy atom. The van der Waals surface area contributed by atoms with Crippen LogP contribution in [0.25, 0.3) is 11.0 Å². The molecule has 1 aliphatic rings. The number of methoxy groups -OCH3 is 2. The van der Waals surface area contributed by atoms with Crippen molar-refractivity contribution >= 4 is 28.6 Å². The van der Waals surface area contributed by atoms with Gasteiger partial charge >= 0.3 is 5.97 Å². The first-order valence-corrected chi connectivity index (χ1v) is 14.1. The highest BCUT2D eigenvalue weighted by Crippen LogP contribution is 2.33. The zero-order chi connectivity index (χ0) is 28.9. The predicted molar refractivity (Wildman–Crippen MR) is 155 cm³/mol. The molecule has 1 aliphatic heterocycles. The SMILES string of the molecule is COCCn1c(CN2CCC(c3cccc(OCc4ccc(Cl)cc4F)n3)CC2C)nc2ccc(C(=O)OC)cc21. The van der Waals surface area contributed by atoms with Crippen LogP contribution in [0.15, 0.2) is 54.6 Å². The molecule has 8 nitrogen and oxygen atoms in total. The van der Waals surface area contributed by atoms with E-state index in [1.165, 1.54) is 13.2 Å². The minimum atomic E-state index is -0.394. The quantitative estimate of drug-likeness (QED) is 0.213. The molecule has 216 valence electrons. The Hall–Kier alpha value is -3.53. The number of aromatic nitrogens is 3. The number of carbonyl (C=O) groups is 1. The smallest absolute Gasteiger partial charge is 0.337 e. The molecule has 3 heterocycles. The summed E-state index contributed by atoms with van der Waals surface area (Å²) in [6.07, 6.45) is 1.88. The van der Waals surface area contributed by atoms with E-state index >= 15 is 0 Å². The lowest BCUT2D eigenvalue weighted by Gasteiger charge is -2.37. The number of pyridine rings is 1. The number of piperidine rings is 1. The molecule has 0 spiro atoms. The fraction of sp³-hybridized carbons (Fsp3) is 0.387. The van der Waals surface area contributed by atoms with Crippen LogP contribution in [-0.4, -0.2) is 58.8 Å². The van der Waals surface area contributed by atoms with Gasteiger partial charge in [0, 0.05) is 48.0 Å². The number of imidazole rings is 1. The van der Waals surface area contributed by atoms with Crippen LogP contribution in [0, 0.1) is 5.82 Å². The zero-order valence-electron chi connectivity index (χ0n) is 23.5. The average molecular weight is 581 g/mol. The molecule has 2 aromatic carbocycles. The minimum absolute atomic E-state index is 0.0828. The number of hydrogen-bond acceptors (Lipinski definition) is 7. The maximum Gasteiger partial charge on any atom is 0.337 e. The first-order valence-electron chi connectivity index (χ1n) is 13.7. The van der Waals surface area contributed by atoms with Gasteiger partial charge in [0.25, 0.3) is 0 Å². The average Bonchev–Trinajstić information content (AvgIpc) is 3.32. The fourth-order valence-electron chi connectivity index (χ4n) is 5.41. The molecule has 5 rings (SSSR count). The van der Waals surface area contributed by atoms with Crippen molar-refractivity contribution in [1.82, 2.24) is 19.4 Å². The third-order valence-corrected chi connectivity index (χ3v) is 7.91. The molecule has 2 unspecified atom stereocenters. The molecule has 0 saturated carbocycles. The maximum absolute atomic E-state index is 14.2. The topological polar surface area (TPSA) is 78.7 Å². The summed E-state index contributed by atoms with van der Waals surface area (Å²) < 4.78 is 32.4. The highest BCUT2D eigenvalue weighted by atomic mass is 35.5. The van der Waals surface area contributed by atoms with Crippen LogP contribution in [0.4, 0.5) is 4.39 Å². The van der Waals surface area contributed by atoms with Crippen molar-refractivity contribution in [2.75, 3.05) is 27.4 Å². The molecular weight excluding hydrogens is 547 g/mol. The van der Waals surface area contributed by atoms with Crippen molar-refractivity contribution in [3.05, 3.63) is 88.1 Å². The van der Waals surface area contributed by atoms with Gasteiger partial charge in [-0.2, -0.15) is 0 Å². The van der Waals surface area contributed by atoms with E-state index in [0.29, 0.717) is 47.8 Å². The Bertz CT molecular complexity index is 1530. The van der Waals surface area contributed by atoms with Crippen LogP contribution in [0.1, 0.15) is 53.1 Å². The lowest BCUT2D eigenvalue weighted by atomic mass is 9.88. The molecule has 4 aromatic rings. The molecule has 1 saturated heterocycles. The highest BCUT2D eigenvalue weighted by molar-refractivity contribution is 6.30. The Morgan fingerprint density at radius 1 is 1.12 bits per heavy atom. The minimum Gasteiger partial charge on any atom is -0.473 e. The number of likely N-dealkylation sites (tertiary alicyclic amines) is 1. The van der Waals surface area contributed by atoms with Gasteiger partial charge in [0.15, 0.2) is 0 Å². The van der Waals surface area contributed by atoms with E-state index in [4.69, 9.17) is 35.8 Å². The van der Waals surface area contributed by atoms with Crippen molar-refractivity contribution in [3.63, 3.8) is 0 Å². The second-order valence-corrected chi connectivity index (χ2v) is 10.8. The Morgan fingerprint density at radius 2 is 1.98 bits per heavy atom. The van der Waals surface area contributed by atoms with E-state index in [1.54, 1.807) is 31.4 Å². The van der Waals surface area contributed by atoms with Gasteiger partial charge in [0.2, 0.25) is 5.88 Å². The van der Waals surface area contributed by atoms with E-state index < -0.39 is 5.82 Å². The van der Waals surface area contributed by atoms with Gasteiger partial charge in [-0.15, -0.1) is 0 Å². The number of rotatable bonds is 10. The van der Waals surface area contributed by atoms with Crippen LogP contribution < -0.4 is 4.74 Å². The lowest BCUT2D eigenvalue weighted by Crippen LogP contribution is -2.40. The van der Waals surface area contributed by atoms with E-state index in [1.807, 2.05) is 24.3 Å². The number of fused-ring (bicyclic) bond motifs is 1. The summed E-state index contributed by atoms with van der Waals surface area (Å²) in [7, 11) is 3.06. The highest BCUT2D eigenvalue weighted by Gasteiger charge is 2.29. The summed E-state index contributed by atoms with van der Waals surface area (Å²) in [4.78, 5) is 24.2. The van der Waals surface area contributed by atoms with Gasteiger partial charge in [-0.25, -0.2) is 19.2 Å². The Kier molecular flexibility index (Phi) is 9.17. The maximum atomic E-state index is 14.2. The molecule has 10 heteroatoms. The Labute approximate surface area is 244 Å². The van der Waals surface area contributed by atoms with E-state index in [-0.39, 0.29) is 18.5 Å². The lowest BCUT2D eigenvalue weighted by molar-refractivity contribution is 0.0601. The molecular formula is C31H34ClFN4O4. The van der Waals surface area contributed by atoms with Gasteiger partial charge in [-0.05, 0) is 62.7 Å². The second-order valence-electron chi connectivity index (χ2n) is 10.3. The van der Waals surface area contributed by atoms with Crippen LogP contribution in [0.5, 0.6) is 5.88 Å². The van der Waals surface area contributed by atoms with E-state index in [0.717, 1.165) is 41.9 Å². The predicted octanol–water partition coefficient (Wildman–Crippen LogP) is 6.00. The van der Waals surface area contributed by atoms with Crippen LogP contribution in [0.2, 0.25) is 5.02 Å². The second kappa shape index (κ2) is 13.0. The Balaban J connectivity index is 1.27. The van der Waals surface area contributed by atoms with Gasteiger partial charge in [0.05, 0.1) is 36.9 Å². The first kappa shape index (κ1) is 29.0. The van der Waals surface area contributed by atoms with E-state index in [2.05, 4.69) is 16.4 Å². The molecule has 41 heavy (non-hydrogen) atoms. The monoisotopic (exact) mass is 580 g/mol. The molecule has 0 N–H and O–H groups in total. The summed E-state index contributed by atoms with van der Waals surface area (Å²) >= 11 is 5.85. The van der Waals surface area contributed by atoms with Gasteiger partial charge in [-0.3, -0.25) is 4.90 Å².